The number of hydrazone groups is 1. The van der Waals surface area contributed by atoms with Crippen molar-refractivity contribution in [3.8, 4) is 0 Å². The molecule has 0 saturated heterocycles. The van der Waals surface area contributed by atoms with Crippen LogP contribution in [0.3, 0.4) is 0 Å². The molecule has 1 aromatic carbocycles. The number of hydrogen-bond donors (Lipinski definition) is 1. The van der Waals surface area contributed by atoms with E-state index in [2.05, 4.69) is 15.5 Å². The number of hydrogen-bond acceptors (Lipinski definition) is 5. The van der Waals surface area contributed by atoms with E-state index in [9.17, 15) is 19.3 Å². The van der Waals surface area contributed by atoms with Gasteiger partial charge in [-0.3, -0.25) is 4.79 Å². The molecule has 114 valence electrons. The lowest BCUT2D eigenvalue weighted by Gasteiger charge is -2.02. The van der Waals surface area contributed by atoms with Crippen molar-refractivity contribution < 1.29 is 14.1 Å². The van der Waals surface area contributed by atoms with Crippen LogP contribution in [0.4, 0.5) is 10.2 Å². The maximum absolute atomic E-state index is 13.3. The lowest BCUT2D eigenvalue weighted by Crippen LogP contribution is -2.24. The third-order valence-electron chi connectivity index (χ3n) is 2.82. The van der Waals surface area contributed by atoms with Crippen LogP contribution in [0.5, 0.6) is 0 Å². The van der Waals surface area contributed by atoms with E-state index in [1.54, 1.807) is 13.0 Å². The molecule has 0 aliphatic rings. The fourth-order valence-electron chi connectivity index (χ4n) is 1.73. The monoisotopic (exact) mass is 305 g/mol. The fourth-order valence-corrected chi connectivity index (χ4v) is 1.73. The molecule has 0 fully saturated rings. The van der Waals surface area contributed by atoms with Crippen LogP contribution in [0.25, 0.3) is 0 Å². The van der Waals surface area contributed by atoms with Gasteiger partial charge >= 0.3 is 5.82 Å². The topological polar surface area (TPSA) is 102 Å². The Morgan fingerprint density at radius 3 is 2.95 bits per heavy atom. The van der Waals surface area contributed by atoms with E-state index in [0.717, 1.165) is 17.0 Å². The molecule has 0 spiro atoms. The molecular weight excluding hydrogens is 293 g/mol. The van der Waals surface area contributed by atoms with E-state index in [-0.39, 0.29) is 17.9 Å². The number of carbonyl (C=O) groups is 1. The SMILES string of the molecule is Cc1ncc([N+](=O)[O-])n1CC(=O)NN=Cc1ccccc1F. The summed E-state index contributed by atoms with van der Waals surface area (Å²) in [6, 6.07) is 5.92. The number of nitro groups is 1. The second-order valence-corrected chi connectivity index (χ2v) is 4.32. The number of nitrogens with one attached hydrogen (secondary N) is 1. The van der Waals surface area contributed by atoms with Gasteiger partial charge in [0.15, 0.2) is 12.4 Å². The van der Waals surface area contributed by atoms with Crippen molar-refractivity contribution in [1.29, 1.82) is 0 Å². The number of imidazole rings is 1. The Labute approximate surface area is 124 Å². The van der Waals surface area contributed by atoms with Crippen molar-refractivity contribution in [1.82, 2.24) is 15.0 Å². The number of carbonyl (C=O) groups excluding carboxylic acids is 1. The van der Waals surface area contributed by atoms with Gasteiger partial charge in [0, 0.05) is 12.5 Å². The Morgan fingerprint density at radius 2 is 2.27 bits per heavy atom. The number of rotatable bonds is 5. The van der Waals surface area contributed by atoms with Crippen LogP contribution >= 0.6 is 0 Å². The van der Waals surface area contributed by atoms with Crippen molar-refractivity contribution in [2.24, 2.45) is 5.10 Å². The number of benzene rings is 1. The van der Waals surface area contributed by atoms with E-state index in [1.807, 2.05) is 0 Å². The molecule has 0 bridgehead atoms. The van der Waals surface area contributed by atoms with Gasteiger partial charge in [0.05, 0.1) is 6.21 Å². The number of nitrogens with zero attached hydrogens (tertiary/aromatic N) is 4. The maximum atomic E-state index is 13.3. The first kappa shape index (κ1) is 15.3. The molecule has 2 rings (SSSR count). The molecule has 0 radical (unpaired) electrons. The molecular formula is C13H12FN5O3. The zero-order chi connectivity index (χ0) is 16.1. The molecule has 0 unspecified atom stereocenters. The third kappa shape index (κ3) is 3.51. The predicted molar refractivity (Wildman–Crippen MR) is 75.8 cm³/mol. The smallest absolute Gasteiger partial charge is 0.343 e. The van der Waals surface area contributed by atoms with Gasteiger partial charge in [0.1, 0.15) is 12.0 Å². The van der Waals surface area contributed by atoms with Crippen molar-refractivity contribution in [3.63, 3.8) is 0 Å². The molecule has 0 atom stereocenters. The quantitative estimate of drug-likeness (QED) is 0.512. The molecule has 0 aliphatic carbocycles. The van der Waals surface area contributed by atoms with Crippen LogP contribution in [0.1, 0.15) is 11.4 Å². The predicted octanol–water partition coefficient (Wildman–Crippen LogP) is 1.39. The third-order valence-corrected chi connectivity index (χ3v) is 2.82. The van der Waals surface area contributed by atoms with Gasteiger partial charge < -0.3 is 10.1 Å². The molecule has 0 saturated carbocycles. The summed E-state index contributed by atoms with van der Waals surface area (Å²) < 4.78 is 14.5. The fraction of sp³-hybridized carbons (Fsp3) is 0.154. The van der Waals surface area contributed by atoms with Crippen LogP contribution in [0, 0.1) is 22.9 Å². The highest BCUT2D eigenvalue weighted by Gasteiger charge is 2.19. The van der Waals surface area contributed by atoms with E-state index < -0.39 is 16.6 Å². The molecule has 0 aliphatic heterocycles. The molecule has 1 heterocycles. The first-order valence-electron chi connectivity index (χ1n) is 6.22. The van der Waals surface area contributed by atoms with Gasteiger partial charge in [-0.05, 0) is 11.0 Å². The summed E-state index contributed by atoms with van der Waals surface area (Å²) in [5.41, 5.74) is 2.40. The van der Waals surface area contributed by atoms with Crippen LogP contribution < -0.4 is 5.43 Å². The van der Waals surface area contributed by atoms with Gasteiger partial charge in [0.25, 0.3) is 5.91 Å². The lowest BCUT2D eigenvalue weighted by molar-refractivity contribution is -0.392. The second kappa shape index (κ2) is 6.57. The molecule has 22 heavy (non-hydrogen) atoms. The number of aromatic nitrogens is 2. The second-order valence-electron chi connectivity index (χ2n) is 4.32. The largest absolute Gasteiger partial charge is 0.358 e. The molecule has 8 nitrogen and oxygen atoms in total. The Hall–Kier alpha value is -3.10. The van der Waals surface area contributed by atoms with E-state index in [1.165, 1.54) is 18.2 Å². The van der Waals surface area contributed by atoms with Crippen molar-refractivity contribution in [2.45, 2.75) is 13.5 Å². The lowest BCUT2D eigenvalue weighted by atomic mass is 10.2. The summed E-state index contributed by atoms with van der Waals surface area (Å²) in [7, 11) is 0. The number of aryl methyl sites for hydroxylation is 1. The summed E-state index contributed by atoms with van der Waals surface area (Å²) >= 11 is 0. The minimum atomic E-state index is -0.629. The highest BCUT2D eigenvalue weighted by atomic mass is 19.1. The van der Waals surface area contributed by atoms with Crippen molar-refractivity contribution in [3.05, 3.63) is 57.8 Å². The molecule has 1 aromatic heterocycles. The van der Waals surface area contributed by atoms with Crippen LogP contribution in [0.15, 0.2) is 35.6 Å². The standard InChI is InChI=1S/C13H12FN5O3/c1-9-15-7-13(19(21)22)18(9)8-12(20)17-16-6-10-4-2-3-5-11(10)14/h2-7H,8H2,1H3,(H,17,20). The van der Waals surface area contributed by atoms with Gasteiger partial charge in [-0.2, -0.15) is 5.10 Å². The van der Waals surface area contributed by atoms with Crippen molar-refractivity contribution in [2.75, 3.05) is 0 Å². The van der Waals surface area contributed by atoms with Crippen molar-refractivity contribution >= 4 is 17.9 Å². The summed E-state index contributed by atoms with van der Waals surface area (Å²) in [5.74, 6) is -1.01. The first-order valence-corrected chi connectivity index (χ1v) is 6.22. The van der Waals surface area contributed by atoms with Gasteiger partial charge in [-0.15, -0.1) is 0 Å². The summed E-state index contributed by atoms with van der Waals surface area (Å²) in [6.07, 6.45) is 2.23. The zero-order valence-corrected chi connectivity index (χ0v) is 11.6. The van der Waals surface area contributed by atoms with Crippen LogP contribution in [-0.4, -0.2) is 26.6 Å². The van der Waals surface area contributed by atoms with Gasteiger partial charge in [-0.1, -0.05) is 18.2 Å². The molecule has 2 aromatic rings. The average molecular weight is 305 g/mol. The van der Waals surface area contributed by atoms with E-state index in [4.69, 9.17) is 0 Å². The Balaban J connectivity index is 2.01. The zero-order valence-electron chi connectivity index (χ0n) is 11.6. The first-order chi connectivity index (χ1) is 10.5. The van der Waals surface area contributed by atoms with E-state index in [0.29, 0.717) is 5.82 Å². The van der Waals surface area contributed by atoms with Crippen LogP contribution in [-0.2, 0) is 11.3 Å². The van der Waals surface area contributed by atoms with Crippen LogP contribution in [0.2, 0.25) is 0 Å². The summed E-state index contributed by atoms with van der Waals surface area (Å²) in [4.78, 5) is 25.7. The highest BCUT2D eigenvalue weighted by molar-refractivity contribution is 5.82. The molecule has 1 amide bonds. The molecule has 9 heteroatoms. The normalized spacial score (nSPS) is 10.8. The Kier molecular flexibility index (Phi) is 4.57. The minimum Gasteiger partial charge on any atom is -0.358 e. The summed E-state index contributed by atoms with van der Waals surface area (Å²) in [6.45, 7) is 1.24. The number of amides is 1. The van der Waals surface area contributed by atoms with Gasteiger partial charge in [0.2, 0.25) is 0 Å². The maximum Gasteiger partial charge on any atom is 0.343 e. The summed E-state index contributed by atoms with van der Waals surface area (Å²) in [5, 5.41) is 14.4. The minimum absolute atomic E-state index is 0.215. The average Bonchev–Trinajstić information content (AvgIpc) is 2.82. The Bertz CT molecular complexity index is 741. The Morgan fingerprint density at radius 1 is 1.55 bits per heavy atom. The van der Waals surface area contributed by atoms with Gasteiger partial charge in [-0.25, -0.2) is 19.4 Å². The highest BCUT2D eigenvalue weighted by Crippen LogP contribution is 2.12. The van der Waals surface area contributed by atoms with E-state index >= 15 is 0 Å². The number of halogens is 1. The molecule has 1 N–H and O–H groups in total.